The van der Waals surface area contributed by atoms with Crippen LogP contribution >= 0.6 is 12.4 Å². The van der Waals surface area contributed by atoms with Crippen LogP contribution in [0, 0.1) is 0 Å². The van der Waals surface area contributed by atoms with E-state index in [1.54, 1.807) is 24.3 Å². The fourth-order valence-electron chi connectivity index (χ4n) is 1.72. The van der Waals surface area contributed by atoms with Crippen molar-refractivity contribution in [3.8, 4) is 5.75 Å². The highest BCUT2D eigenvalue weighted by molar-refractivity contribution is 5.94. The summed E-state index contributed by atoms with van der Waals surface area (Å²) in [4.78, 5) is 23.0. The molecular weight excluding hydrogens is 304 g/mol. The van der Waals surface area contributed by atoms with Gasteiger partial charge in [-0.15, -0.1) is 12.4 Å². The third-order valence-electron chi connectivity index (χ3n) is 3.05. The summed E-state index contributed by atoms with van der Waals surface area (Å²) in [5.74, 6) is 0.612. The number of hydrogen-bond donors (Lipinski definition) is 2. The second-order valence-corrected chi connectivity index (χ2v) is 5.67. The summed E-state index contributed by atoms with van der Waals surface area (Å²) in [6.45, 7) is 6.11. The van der Waals surface area contributed by atoms with Gasteiger partial charge in [0, 0.05) is 24.1 Å². The van der Waals surface area contributed by atoms with Gasteiger partial charge in [-0.1, -0.05) is 12.1 Å². The molecule has 0 aromatic heterocycles. The molecule has 0 spiro atoms. The molecule has 0 saturated heterocycles. The Labute approximate surface area is 138 Å². The number of nitrogens with two attached hydrogens (primary N) is 1. The normalized spacial score (nSPS) is 10.5. The van der Waals surface area contributed by atoms with Crippen LogP contribution in [0.15, 0.2) is 24.3 Å². The number of carbonyl (C=O) groups is 2. The minimum Gasteiger partial charge on any atom is -0.494 e. The molecule has 0 radical (unpaired) electrons. The van der Waals surface area contributed by atoms with Crippen molar-refractivity contribution in [2.24, 2.45) is 5.73 Å². The van der Waals surface area contributed by atoms with E-state index in [4.69, 9.17) is 10.5 Å². The first-order valence-corrected chi connectivity index (χ1v) is 7.09. The average molecular weight is 329 g/mol. The Morgan fingerprint density at radius 1 is 1.32 bits per heavy atom. The molecule has 0 saturated carbocycles. The van der Waals surface area contributed by atoms with Gasteiger partial charge in [0.2, 0.25) is 5.91 Å². The van der Waals surface area contributed by atoms with Gasteiger partial charge in [0.25, 0.3) is 0 Å². The Hall–Kier alpha value is -1.59. The first kappa shape index (κ1) is 20.4. The Bertz CT molecular complexity index is 504. The van der Waals surface area contributed by atoms with Crippen LogP contribution in [0.2, 0.25) is 0 Å². The van der Waals surface area contributed by atoms with Crippen LogP contribution in [0.3, 0.4) is 0 Å². The molecule has 5 nitrogen and oxygen atoms in total. The zero-order valence-corrected chi connectivity index (χ0v) is 14.2. The number of halogens is 1. The molecule has 0 atom stereocenters. The van der Waals surface area contributed by atoms with E-state index < -0.39 is 0 Å². The summed E-state index contributed by atoms with van der Waals surface area (Å²) < 4.78 is 5.55. The van der Waals surface area contributed by atoms with Gasteiger partial charge < -0.3 is 15.8 Å². The molecule has 3 N–H and O–H groups in total. The van der Waals surface area contributed by atoms with Crippen LogP contribution < -0.4 is 15.8 Å². The summed E-state index contributed by atoms with van der Waals surface area (Å²) in [5, 5.41) is 2.86. The molecule has 0 aliphatic carbocycles. The first-order chi connectivity index (χ1) is 9.84. The van der Waals surface area contributed by atoms with Crippen LogP contribution in [0.4, 0.5) is 0 Å². The van der Waals surface area contributed by atoms with Gasteiger partial charge in [-0.25, -0.2) is 0 Å². The number of amides is 1. The number of ketones is 1. The smallest absolute Gasteiger partial charge is 0.220 e. The Kier molecular flexibility index (Phi) is 8.75. The second kappa shape index (κ2) is 9.43. The van der Waals surface area contributed by atoms with Gasteiger partial charge >= 0.3 is 0 Å². The zero-order valence-electron chi connectivity index (χ0n) is 13.3. The van der Waals surface area contributed by atoms with E-state index in [-0.39, 0.29) is 29.6 Å². The number of hydrogen-bond acceptors (Lipinski definition) is 4. The van der Waals surface area contributed by atoms with Crippen molar-refractivity contribution in [3.63, 3.8) is 0 Å². The third-order valence-corrected chi connectivity index (χ3v) is 3.05. The number of nitrogens with one attached hydrogen (secondary N) is 1. The highest BCUT2D eigenvalue weighted by Crippen LogP contribution is 2.14. The van der Waals surface area contributed by atoms with E-state index in [1.165, 1.54) is 6.92 Å². The molecule has 1 aromatic rings. The van der Waals surface area contributed by atoms with Crippen LogP contribution in [-0.4, -0.2) is 30.4 Å². The van der Waals surface area contributed by atoms with Crippen molar-refractivity contribution in [2.75, 3.05) is 13.2 Å². The maximum atomic E-state index is 11.7. The van der Waals surface area contributed by atoms with Crippen LogP contribution in [0.25, 0.3) is 0 Å². The SMILES string of the molecule is CC(=O)c1cccc(OCCCC(=O)NC(C)(C)CN)c1.Cl. The number of rotatable bonds is 8. The summed E-state index contributed by atoms with van der Waals surface area (Å²) in [6, 6.07) is 7.03. The summed E-state index contributed by atoms with van der Waals surface area (Å²) >= 11 is 0. The van der Waals surface area contributed by atoms with Gasteiger partial charge in [-0.2, -0.15) is 0 Å². The molecule has 22 heavy (non-hydrogen) atoms. The van der Waals surface area contributed by atoms with Crippen LogP contribution in [0.1, 0.15) is 44.0 Å². The molecule has 1 rings (SSSR count). The van der Waals surface area contributed by atoms with Crippen molar-refractivity contribution < 1.29 is 14.3 Å². The van der Waals surface area contributed by atoms with E-state index in [0.717, 1.165) is 0 Å². The van der Waals surface area contributed by atoms with Gasteiger partial charge in [-0.05, 0) is 39.3 Å². The van der Waals surface area contributed by atoms with Gasteiger partial charge in [0.1, 0.15) is 5.75 Å². The minimum absolute atomic E-state index is 0. The van der Waals surface area contributed by atoms with E-state index in [0.29, 0.717) is 37.3 Å². The van der Waals surface area contributed by atoms with E-state index in [9.17, 15) is 9.59 Å². The summed E-state index contributed by atoms with van der Waals surface area (Å²) in [7, 11) is 0. The van der Waals surface area contributed by atoms with E-state index in [1.807, 2.05) is 13.8 Å². The van der Waals surface area contributed by atoms with Crippen molar-refractivity contribution in [3.05, 3.63) is 29.8 Å². The maximum absolute atomic E-state index is 11.7. The lowest BCUT2D eigenvalue weighted by Gasteiger charge is -2.24. The fourth-order valence-corrected chi connectivity index (χ4v) is 1.72. The molecule has 1 aromatic carbocycles. The topological polar surface area (TPSA) is 81.4 Å². The van der Waals surface area contributed by atoms with Gasteiger partial charge in [-0.3, -0.25) is 9.59 Å². The monoisotopic (exact) mass is 328 g/mol. The number of Topliss-reactive ketones (excluding diaryl/α,β-unsaturated/α-hetero) is 1. The fraction of sp³-hybridized carbons (Fsp3) is 0.500. The summed E-state index contributed by atoms with van der Waals surface area (Å²) in [6.07, 6.45) is 0.993. The largest absolute Gasteiger partial charge is 0.494 e. The number of carbonyl (C=O) groups excluding carboxylic acids is 2. The predicted molar refractivity (Wildman–Crippen MR) is 89.7 cm³/mol. The van der Waals surface area contributed by atoms with E-state index in [2.05, 4.69) is 5.32 Å². The van der Waals surface area contributed by atoms with Gasteiger partial charge in [0.05, 0.1) is 6.61 Å². The Morgan fingerprint density at radius 2 is 2.00 bits per heavy atom. The average Bonchev–Trinajstić information content (AvgIpc) is 2.43. The predicted octanol–water partition coefficient (Wildman–Crippen LogP) is 2.32. The van der Waals surface area contributed by atoms with Crippen molar-refractivity contribution >= 4 is 24.1 Å². The molecule has 6 heteroatoms. The first-order valence-electron chi connectivity index (χ1n) is 7.09. The van der Waals surface area contributed by atoms with Crippen LogP contribution in [-0.2, 0) is 4.79 Å². The summed E-state index contributed by atoms with van der Waals surface area (Å²) in [5.41, 5.74) is 5.80. The lowest BCUT2D eigenvalue weighted by molar-refractivity contribution is -0.122. The lowest BCUT2D eigenvalue weighted by Crippen LogP contribution is -2.48. The Balaban J connectivity index is 0.00000441. The molecular formula is C16H25ClN2O3. The molecule has 0 bridgehead atoms. The lowest BCUT2D eigenvalue weighted by atomic mass is 10.1. The Morgan fingerprint density at radius 3 is 2.59 bits per heavy atom. The molecule has 0 aliphatic heterocycles. The van der Waals surface area contributed by atoms with E-state index >= 15 is 0 Å². The standard InChI is InChI=1S/C16H24N2O3.ClH/c1-12(19)13-6-4-7-14(10-13)21-9-5-8-15(20)18-16(2,3)11-17;/h4,6-7,10H,5,8-9,11,17H2,1-3H3,(H,18,20);1H. The maximum Gasteiger partial charge on any atom is 0.220 e. The quantitative estimate of drug-likeness (QED) is 0.567. The van der Waals surface area contributed by atoms with Crippen molar-refractivity contribution in [2.45, 2.75) is 39.2 Å². The zero-order chi connectivity index (χ0) is 15.9. The molecule has 124 valence electrons. The van der Waals surface area contributed by atoms with Gasteiger partial charge in [0.15, 0.2) is 5.78 Å². The molecule has 0 fully saturated rings. The highest BCUT2D eigenvalue weighted by Gasteiger charge is 2.17. The highest BCUT2D eigenvalue weighted by atomic mass is 35.5. The molecule has 0 aliphatic rings. The van der Waals surface area contributed by atoms with Crippen molar-refractivity contribution in [1.29, 1.82) is 0 Å². The third kappa shape index (κ3) is 7.43. The number of benzene rings is 1. The van der Waals surface area contributed by atoms with Crippen molar-refractivity contribution in [1.82, 2.24) is 5.32 Å². The molecule has 1 amide bonds. The second-order valence-electron chi connectivity index (χ2n) is 5.67. The van der Waals surface area contributed by atoms with Crippen LogP contribution in [0.5, 0.6) is 5.75 Å². The number of ether oxygens (including phenoxy) is 1. The minimum atomic E-state index is -0.381. The molecule has 0 heterocycles. The molecule has 0 unspecified atom stereocenters.